The van der Waals surface area contributed by atoms with Crippen LogP contribution in [0.15, 0.2) is 24.4 Å². The Morgan fingerprint density at radius 2 is 2.10 bits per heavy atom. The van der Waals surface area contributed by atoms with Crippen LogP contribution in [0.2, 0.25) is 10.0 Å². The van der Waals surface area contributed by atoms with E-state index >= 15 is 0 Å². The molecule has 0 aliphatic carbocycles. The molecular weight excluding hydrogens is 297 g/mol. The van der Waals surface area contributed by atoms with E-state index in [0.717, 1.165) is 24.5 Å². The minimum atomic E-state index is 0.325. The van der Waals surface area contributed by atoms with Crippen LogP contribution in [-0.2, 0) is 13.0 Å². The minimum absolute atomic E-state index is 0.325. The number of rotatable bonds is 2. The zero-order chi connectivity index (χ0) is 14.1. The van der Waals surface area contributed by atoms with Gasteiger partial charge < -0.3 is 9.64 Å². The second-order valence-corrected chi connectivity index (χ2v) is 5.46. The van der Waals surface area contributed by atoms with E-state index in [0.29, 0.717) is 16.9 Å². The molecule has 0 atom stereocenters. The van der Waals surface area contributed by atoms with Crippen LogP contribution in [0.5, 0.6) is 6.01 Å². The van der Waals surface area contributed by atoms with Crippen LogP contribution in [0.25, 0.3) is 0 Å². The third kappa shape index (κ3) is 2.53. The van der Waals surface area contributed by atoms with Crippen LogP contribution in [0, 0.1) is 0 Å². The SMILES string of the molecule is COc1ncc(Cl)c(N2CCc3cc(Cl)ccc3C2)n1. The molecule has 0 spiro atoms. The van der Waals surface area contributed by atoms with Crippen molar-refractivity contribution in [2.24, 2.45) is 0 Å². The van der Waals surface area contributed by atoms with Gasteiger partial charge in [-0.1, -0.05) is 29.3 Å². The third-order valence-corrected chi connectivity index (χ3v) is 3.87. The molecule has 104 valence electrons. The van der Waals surface area contributed by atoms with Crippen molar-refractivity contribution in [3.63, 3.8) is 0 Å². The van der Waals surface area contributed by atoms with Crippen molar-refractivity contribution in [2.75, 3.05) is 18.6 Å². The van der Waals surface area contributed by atoms with Crippen molar-refractivity contribution in [3.05, 3.63) is 45.6 Å². The van der Waals surface area contributed by atoms with Crippen molar-refractivity contribution < 1.29 is 4.74 Å². The number of ether oxygens (including phenoxy) is 1. The molecule has 0 unspecified atom stereocenters. The highest BCUT2D eigenvalue weighted by Gasteiger charge is 2.20. The molecule has 0 fully saturated rings. The van der Waals surface area contributed by atoms with Gasteiger partial charge in [-0.3, -0.25) is 0 Å². The Hall–Kier alpha value is -1.52. The summed E-state index contributed by atoms with van der Waals surface area (Å²) < 4.78 is 5.06. The van der Waals surface area contributed by atoms with Gasteiger partial charge in [0.2, 0.25) is 0 Å². The first-order valence-corrected chi connectivity index (χ1v) is 7.02. The summed E-state index contributed by atoms with van der Waals surface area (Å²) in [6.07, 6.45) is 2.48. The first-order valence-electron chi connectivity index (χ1n) is 6.26. The first-order chi connectivity index (χ1) is 9.67. The molecule has 0 N–H and O–H groups in total. The van der Waals surface area contributed by atoms with E-state index in [1.807, 2.05) is 12.1 Å². The van der Waals surface area contributed by atoms with Gasteiger partial charge in [-0.25, -0.2) is 4.98 Å². The Morgan fingerprint density at radius 1 is 1.25 bits per heavy atom. The topological polar surface area (TPSA) is 38.2 Å². The van der Waals surface area contributed by atoms with E-state index in [9.17, 15) is 0 Å². The van der Waals surface area contributed by atoms with E-state index < -0.39 is 0 Å². The molecule has 1 aromatic carbocycles. The van der Waals surface area contributed by atoms with E-state index in [1.165, 1.54) is 11.1 Å². The third-order valence-electron chi connectivity index (χ3n) is 3.37. The smallest absolute Gasteiger partial charge is 0.318 e. The van der Waals surface area contributed by atoms with Gasteiger partial charge in [-0.05, 0) is 29.7 Å². The summed E-state index contributed by atoms with van der Waals surface area (Å²) in [6, 6.07) is 6.31. The van der Waals surface area contributed by atoms with Crippen molar-refractivity contribution in [2.45, 2.75) is 13.0 Å². The molecule has 20 heavy (non-hydrogen) atoms. The Kier molecular flexibility index (Phi) is 3.68. The highest BCUT2D eigenvalue weighted by atomic mass is 35.5. The lowest BCUT2D eigenvalue weighted by atomic mass is 10.00. The maximum absolute atomic E-state index is 6.20. The molecule has 0 amide bonds. The van der Waals surface area contributed by atoms with Crippen LogP contribution in [-0.4, -0.2) is 23.6 Å². The molecule has 0 radical (unpaired) electrons. The Labute approximate surface area is 127 Å². The number of hydrogen-bond donors (Lipinski definition) is 0. The molecule has 0 bridgehead atoms. The van der Waals surface area contributed by atoms with Gasteiger partial charge in [0.1, 0.15) is 5.02 Å². The fourth-order valence-corrected chi connectivity index (χ4v) is 2.77. The summed E-state index contributed by atoms with van der Waals surface area (Å²) in [4.78, 5) is 10.5. The molecule has 1 aromatic heterocycles. The number of anilines is 1. The molecule has 1 aliphatic rings. The number of halogens is 2. The van der Waals surface area contributed by atoms with E-state index in [1.54, 1.807) is 13.3 Å². The zero-order valence-electron chi connectivity index (χ0n) is 10.9. The summed E-state index contributed by atoms with van der Waals surface area (Å²) in [7, 11) is 1.54. The number of methoxy groups -OCH3 is 1. The van der Waals surface area contributed by atoms with Gasteiger partial charge in [-0.2, -0.15) is 4.98 Å². The fraction of sp³-hybridized carbons (Fsp3) is 0.286. The minimum Gasteiger partial charge on any atom is -0.467 e. The molecule has 0 saturated heterocycles. The van der Waals surface area contributed by atoms with Gasteiger partial charge in [0.05, 0.1) is 13.3 Å². The summed E-state index contributed by atoms with van der Waals surface area (Å²) in [6.45, 7) is 1.60. The van der Waals surface area contributed by atoms with Crippen molar-refractivity contribution >= 4 is 29.0 Å². The second-order valence-electron chi connectivity index (χ2n) is 4.61. The Morgan fingerprint density at radius 3 is 2.90 bits per heavy atom. The Bertz CT molecular complexity index is 648. The van der Waals surface area contributed by atoms with Crippen molar-refractivity contribution in [1.82, 2.24) is 9.97 Å². The number of benzene rings is 1. The lowest BCUT2D eigenvalue weighted by Gasteiger charge is -2.30. The van der Waals surface area contributed by atoms with Crippen LogP contribution in [0.1, 0.15) is 11.1 Å². The highest BCUT2D eigenvalue weighted by Crippen LogP contribution is 2.30. The second kappa shape index (κ2) is 5.46. The number of fused-ring (bicyclic) bond motifs is 1. The molecule has 0 saturated carbocycles. The van der Waals surface area contributed by atoms with E-state index in [-0.39, 0.29) is 0 Å². The summed E-state index contributed by atoms with van der Waals surface area (Å²) in [5.41, 5.74) is 2.53. The normalized spacial score (nSPS) is 14.1. The standard InChI is InChI=1S/C14H13Cl2N3O/c1-20-14-17-7-12(16)13(18-14)19-5-4-9-6-11(15)3-2-10(9)8-19/h2-3,6-7H,4-5,8H2,1H3. The van der Waals surface area contributed by atoms with Crippen molar-refractivity contribution in [1.29, 1.82) is 0 Å². The predicted molar refractivity (Wildman–Crippen MR) is 79.8 cm³/mol. The Balaban J connectivity index is 1.92. The lowest BCUT2D eigenvalue weighted by Crippen LogP contribution is -2.31. The molecule has 6 heteroatoms. The molecule has 1 aliphatic heterocycles. The molecule has 2 heterocycles. The molecule has 3 rings (SSSR count). The van der Waals surface area contributed by atoms with Crippen molar-refractivity contribution in [3.8, 4) is 6.01 Å². The fourth-order valence-electron chi connectivity index (χ4n) is 2.36. The van der Waals surface area contributed by atoms with Crippen LogP contribution < -0.4 is 9.64 Å². The van der Waals surface area contributed by atoms with Crippen LogP contribution in [0.4, 0.5) is 5.82 Å². The van der Waals surface area contributed by atoms with Gasteiger partial charge in [0.25, 0.3) is 0 Å². The average Bonchev–Trinajstić information content (AvgIpc) is 2.47. The van der Waals surface area contributed by atoms with Gasteiger partial charge in [0.15, 0.2) is 5.82 Å². The maximum Gasteiger partial charge on any atom is 0.318 e. The lowest BCUT2D eigenvalue weighted by molar-refractivity contribution is 0.379. The summed E-state index contributed by atoms with van der Waals surface area (Å²) in [5.74, 6) is 0.708. The van der Waals surface area contributed by atoms with E-state index in [2.05, 4.69) is 20.9 Å². The summed E-state index contributed by atoms with van der Waals surface area (Å²) >= 11 is 12.2. The maximum atomic E-state index is 6.20. The van der Waals surface area contributed by atoms with Gasteiger partial charge in [-0.15, -0.1) is 0 Å². The molecule has 4 nitrogen and oxygen atoms in total. The molecular formula is C14H13Cl2N3O. The monoisotopic (exact) mass is 309 g/mol. The molecule has 2 aromatic rings. The number of hydrogen-bond acceptors (Lipinski definition) is 4. The number of nitrogens with zero attached hydrogens (tertiary/aromatic N) is 3. The van der Waals surface area contributed by atoms with Gasteiger partial charge in [0, 0.05) is 18.1 Å². The van der Waals surface area contributed by atoms with Gasteiger partial charge >= 0.3 is 6.01 Å². The number of aromatic nitrogens is 2. The average molecular weight is 310 g/mol. The first kappa shape index (κ1) is 13.5. The van der Waals surface area contributed by atoms with Crippen LogP contribution >= 0.6 is 23.2 Å². The largest absolute Gasteiger partial charge is 0.467 e. The quantitative estimate of drug-likeness (QED) is 0.852. The van der Waals surface area contributed by atoms with E-state index in [4.69, 9.17) is 27.9 Å². The predicted octanol–water partition coefficient (Wildman–Crippen LogP) is 3.35. The zero-order valence-corrected chi connectivity index (χ0v) is 12.4. The van der Waals surface area contributed by atoms with Crippen LogP contribution in [0.3, 0.4) is 0 Å². The summed E-state index contributed by atoms with van der Waals surface area (Å²) in [5, 5.41) is 1.31. The highest BCUT2D eigenvalue weighted by molar-refractivity contribution is 6.32.